The van der Waals surface area contributed by atoms with Crippen molar-refractivity contribution in [2.24, 2.45) is 5.73 Å². The van der Waals surface area contributed by atoms with E-state index in [2.05, 4.69) is 30.0 Å². The van der Waals surface area contributed by atoms with Gasteiger partial charge in [-0.25, -0.2) is 13.1 Å². The maximum absolute atomic E-state index is 11.8. The van der Waals surface area contributed by atoms with E-state index in [0.29, 0.717) is 12.1 Å². The van der Waals surface area contributed by atoms with Crippen LogP contribution in [0.25, 0.3) is 5.57 Å². The number of primary amides is 1. The minimum Gasteiger partial charge on any atom is -0.369 e. The van der Waals surface area contributed by atoms with E-state index in [-0.39, 0.29) is 6.04 Å². The van der Waals surface area contributed by atoms with Crippen LogP contribution in [0.1, 0.15) is 41.8 Å². The number of rotatable bonds is 5. The second-order valence-corrected chi connectivity index (χ2v) is 8.35. The van der Waals surface area contributed by atoms with E-state index in [1.54, 1.807) is 6.07 Å². The molecule has 1 aliphatic carbocycles. The Morgan fingerprint density at radius 1 is 1.40 bits per heavy atom. The van der Waals surface area contributed by atoms with Crippen LogP contribution in [0.4, 0.5) is 5.69 Å². The molecule has 0 saturated carbocycles. The number of nitrogens with zero attached hydrogens (tertiary/aromatic N) is 1. The topological polar surface area (TPSA) is 92.5 Å². The van der Waals surface area contributed by atoms with Gasteiger partial charge in [-0.15, -0.1) is 0 Å². The Kier molecular flexibility index (Phi) is 4.47. The summed E-state index contributed by atoms with van der Waals surface area (Å²) in [5.74, 6) is -0.414. The molecule has 0 bridgehead atoms. The zero-order valence-electron chi connectivity index (χ0n) is 14.5. The predicted octanol–water partition coefficient (Wildman–Crippen LogP) is 1.78. The number of sulfonamides is 1. The standard InChI is InChI=1S/C18H23N3O3S/c1-4-25(23,24)20-13-7-8-21(10-13)16-6-5-14(18(19)22)15-9-11(2)12(3)17(15)16/h4-6,13,20H,1,7-10H2,2-3H3,(H2,19,22). The van der Waals surface area contributed by atoms with Crippen molar-refractivity contribution in [1.29, 1.82) is 0 Å². The molecule has 7 heteroatoms. The van der Waals surface area contributed by atoms with Crippen LogP contribution in [-0.4, -0.2) is 33.5 Å². The Morgan fingerprint density at radius 3 is 2.76 bits per heavy atom. The van der Waals surface area contributed by atoms with Gasteiger partial charge in [0.25, 0.3) is 0 Å². The first-order chi connectivity index (χ1) is 11.7. The molecule has 134 valence electrons. The highest BCUT2D eigenvalue weighted by atomic mass is 32.2. The van der Waals surface area contributed by atoms with Crippen molar-refractivity contribution < 1.29 is 13.2 Å². The van der Waals surface area contributed by atoms with Crippen molar-refractivity contribution in [1.82, 2.24) is 4.72 Å². The molecule has 1 atom stereocenters. The van der Waals surface area contributed by atoms with Crippen LogP contribution in [-0.2, 0) is 16.4 Å². The first-order valence-electron chi connectivity index (χ1n) is 8.25. The van der Waals surface area contributed by atoms with Crippen molar-refractivity contribution in [2.75, 3.05) is 18.0 Å². The highest BCUT2D eigenvalue weighted by molar-refractivity contribution is 7.92. The minimum absolute atomic E-state index is 0.152. The number of fused-ring (bicyclic) bond motifs is 1. The number of hydrogen-bond acceptors (Lipinski definition) is 4. The van der Waals surface area contributed by atoms with Crippen molar-refractivity contribution in [3.05, 3.63) is 46.4 Å². The van der Waals surface area contributed by atoms with Crippen molar-refractivity contribution in [2.45, 2.75) is 32.7 Å². The van der Waals surface area contributed by atoms with Gasteiger partial charge in [-0.2, -0.15) is 0 Å². The molecular weight excluding hydrogens is 338 g/mol. The average Bonchev–Trinajstić information content (AvgIpc) is 3.11. The molecule has 0 radical (unpaired) electrons. The molecule has 1 saturated heterocycles. The Morgan fingerprint density at radius 2 is 2.12 bits per heavy atom. The normalized spacial score (nSPS) is 20.1. The largest absolute Gasteiger partial charge is 0.369 e. The molecule has 1 amide bonds. The molecule has 3 rings (SSSR count). The molecule has 1 aromatic carbocycles. The fraction of sp³-hybridized carbons (Fsp3) is 0.389. The first kappa shape index (κ1) is 17.7. The van der Waals surface area contributed by atoms with Crippen molar-refractivity contribution >= 4 is 27.2 Å². The van der Waals surface area contributed by atoms with Gasteiger partial charge in [0.2, 0.25) is 15.9 Å². The van der Waals surface area contributed by atoms with E-state index in [1.165, 1.54) is 11.1 Å². The Hall–Kier alpha value is -2.12. The maximum Gasteiger partial charge on any atom is 0.249 e. The molecule has 1 heterocycles. The Labute approximate surface area is 148 Å². The number of amides is 1. The lowest BCUT2D eigenvalue weighted by Crippen LogP contribution is -2.36. The monoisotopic (exact) mass is 361 g/mol. The molecular formula is C18H23N3O3S. The molecule has 1 unspecified atom stereocenters. The summed E-state index contributed by atoms with van der Waals surface area (Å²) in [6, 6.07) is 3.55. The highest BCUT2D eigenvalue weighted by Gasteiger charge is 2.30. The van der Waals surface area contributed by atoms with Gasteiger partial charge in [-0.1, -0.05) is 12.2 Å². The summed E-state index contributed by atoms with van der Waals surface area (Å²) in [4.78, 5) is 13.9. The van der Waals surface area contributed by atoms with Gasteiger partial charge in [-0.05, 0) is 50.0 Å². The Balaban J connectivity index is 1.94. The van der Waals surface area contributed by atoms with Crippen LogP contribution in [0.2, 0.25) is 0 Å². The smallest absolute Gasteiger partial charge is 0.249 e. The Bertz CT molecular complexity index is 887. The first-order valence-corrected chi connectivity index (χ1v) is 9.80. The number of allylic oxidation sites excluding steroid dienone is 2. The summed E-state index contributed by atoms with van der Waals surface area (Å²) in [5.41, 5.74) is 11.6. The lowest BCUT2D eigenvalue weighted by Gasteiger charge is -2.23. The highest BCUT2D eigenvalue weighted by Crippen LogP contribution is 2.41. The molecule has 2 aliphatic rings. The summed E-state index contributed by atoms with van der Waals surface area (Å²) < 4.78 is 26.0. The number of hydrogen-bond donors (Lipinski definition) is 2. The van der Waals surface area contributed by atoms with Gasteiger partial charge in [0.05, 0.1) is 0 Å². The minimum atomic E-state index is -3.44. The van der Waals surface area contributed by atoms with Crippen molar-refractivity contribution in [3.63, 3.8) is 0 Å². The van der Waals surface area contributed by atoms with Gasteiger partial charge in [0, 0.05) is 41.4 Å². The SMILES string of the molecule is C=CS(=O)(=O)NC1CCN(c2ccc(C(N)=O)c3c2C(C)=C(C)C3)C1. The van der Waals surface area contributed by atoms with Crippen LogP contribution >= 0.6 is 0 Å². The second kappa shape index (κ2) is 6.31. The fourth-order valence-corrected chi connectivity index (χ4v) is 4.45. The molecule has 0 spiro atoms. The van der Waals surface area contributed by atoms with E-state index in [9.17, 15) is 13.2 Å². The summed E-state index contributed by atoms with van der Waals surface area (Å²) in [6.45, 7) is 8.79. The average molecular weight is 361 g/mol. The van der Waals surface area contributed by atoms with Gasteiger partial charge in [0.15, 0.2) is 0 Å². The third-order valence-electron chi connectivity index (χ3n) is 5.09. The summed E-state index contributed by atoms with van der Waals surface area (Å²) in [6.07, 6.45) is 1.45. The van der Waals surface area contributed by atoms with Crippen LogP contribution in [0.15, 0.2) is 29.7 Å². The third kappa shape index (κ3) is 3.21. The quantitative estimate of drug-likeness (QED) is 0.836. The van der Waals surface area contributed by atoms with Crippen LogP contribution in [0.5, 0.6) is 0 Å². The third-order valence-corrected chi connectivity index (χ3v) is 6.19. The van der Waals surface area contributed by atoms with Crippen LogP contribution < -0.4 is 15.4 Å². The van der Waals surface area contributed by atoms with E-state index in [4.69, 9.17) is 5.73 Å². The van der Waals surface area contributed by atoms with Crippen LogP contribution in [0.3, 0.4) is 0 Å². The lowest BCUT2D eigenvalue weighted by atomic mass is 9.97. The molecule has 6 nitrogen and oxygen atoms in total. The van der Waals surface area contributed by atoms with E-state index in [1.807, 2.05) is 6.07 Å². The molecule has 1 aliphatic heterocycles. The fourth-order valence-electron chi connectivity index (χ4n) is 3.70. The maximum atomic E-state index is 11.8. The summed E-state index contributed by atoms with van der Waals surface area (Å²) >= 11 is 0. The molecule has 25 heavy (non-hydrogen) atoms. The van der Waals surface area contributed by atoms with Gasteiger partial charge < -0.3 is 10.6 Å². The molecule has 1 aromatic rings. The molecule has 1 fully saturated rings. The number of benzene rings is 1. The van der Waals surface area contributed by atoms with E-state index >= 15 is 0 Å². The van der Waals surface area contributed by atoms with E-state index < -0.39 is 15.9 Å². The predicted molar refractivity (Wildman–Crippen MR) is 99.8 cm³/mol. The summed E-state index contributed by atoms with van der Waals surface area (Å²) in [7, 11) is -3.44. The second-order valence-electron chi connectivity index (χ2n) is 6.69. The number of nitrogens with one attached hydrogen (secondary N) is 1. The zero-order valence-corrected chi connectivity index (χ0v) is 15.3. The molecule has 0 aromatic heterocycles. The number of carbonyl (C=O) groups excluding carboxylic acids is 1. The number of anilines is 1. The number of nitrogens with two attached hydrogens (primary N) is 1. The van der Waals surface area contributed by atoms with Gasteiger partial charge in [0.1, 0.15) is 0 Å². The van der Waals surface area contributed by atoms with E-state index in [0.717, 1.165) is 41.6 Å². The lowest BCUT2D eigenvalue weighted by molar-refractivity contribution is 0.0999. The molecule has 3 N–H and O–H groups in total. The number of carbonyl (C=O) groups is 1. The van der Waals surface area contributed by atoms with Crippen molar-refractivity contribution in [3.8, 4) is 0 Å². The van der Waals surface area contributed by atoms with Gasteiger partial charge >= 0.3 is 0 Å². The van der Waals surface area contributed by atoms with Gasteiger partial charge in [-0.3, -0.25) is 4.79 Å². The summed E-state index contributed by atoms with van der Waals surface area (Å²) in [5, 5.41) is 0.936. The van der Waals surface area contributed by atoms with Crippen LogP contribution in [0, 0.1) is 0 Å². The zero-order chi connectivity index (χ0) is 18.4.